The first-order valence-electron chi connectivity index (χ1n) is 5.77. The number of rotatable bonds is 5. The van der Waals surface area contributed by atoms with Crippen molar-refractivity contribution in [3.63, 3.8) is 0 Å². The molecule has 3 nitrogen and oxygen atoms in total. The highest BCUT2D eigenvalue weighted by molar-refractivity contribution is 5.25. The van der Waals surface area contributed by atoms with Crippen LogP contribution in [0.25, 0.3) is 0 Å². The average molecular weight is 222 g/mol. The number of methoxy groups -OCH3 is 1. The standard InChI is InChI=1S/C13H22N2O/c1-9(2)13(10(3)14-4)11-6-7-15-12(8-11)16-5/h6-10,13-14H,1-5H3. The summed E-state index contributed by atoms with van der Waals surface area (Å²) in [5.74, 6) is 1.74. The van der Waals surface area contributed by atoms with Crippen LogP contribution in [0.4, 0.5) is 0 Å². The lowest BCUT2D eigenvalue weighted by atomic mass is 9.83. The summed E-state index contributed by atoms with van der Waals surface area (Å²) in [4.78, 5) is 4.14. The lowest BCUT2D eigenvalue weighted by Gasteiger charge is -2.27. The first kappa shape index (κ1) is 13.0. The molecule has 0 saturated carbocycles. The highest BCUT2D eigenvalue weighted by Crippen LogP contribution is 2.29. The van der Waals surface area contributed by atoms with Gasteiger partial charge in [0.1, 0.15) is 0 Å². The summed E-state index contributed by atoms with van der Waals surface area (Å²) < 4.78 is 5.17. The van der Waals surface area contributed by atoms with E-state index in [-0.39, 0.29) is 0 Å². The molecule has 1 aromatic rings. The Morgan fingerprint density at radius 2 is 2.00 bits per heavy atom. The van der Waals surface area contributed by atoms with E-state index in [9.17, 15) is 0 Å². The van der Waals surface area contributed by atoms with Crippen molar-refractivity contribution in [3.8, 4) is 5.88 Å². The summed E-state index contributed by atoms with van der Waals surface area (Å²) in [7, 11) is 3.65. The average Bonchev–Trinajstić information content (AvgIpc) is 2.29. The fourth-order valence-corrected chi connectivity index (χ4v) is 2.17. The van der Waals surface area contributed by atoms with Gasteiger partial charge in [0.25, 0.3) is 0 Å². The van der Waals surface area contributed by atoms with Crippen LogP contribution >= 0.6 is 0 Å². The Balaban J connectivity index is 3.00. The molecule has 90 valence electrons. The van der Waals surface area contributed by atoms with E-state index in [1.807, 2.05) is 19.3 Å². The van der Waals surface area contributed by atoms with Gasteiger partial charge in [-0.15, -0.1) is 0 Å². The van der Waals surface area contributed by atoms with Gasteiger partial charge in [0.15, 0.2) is 0 Å². The SMILES string of the molecule is CNC(C)C(c1ccnc(OC)c1)C(C)C. The molecule has 0 bridgehead atoms. The van der Waals surface area contributed by atoms with Gasteiger partial charge >= 0.3 is 0 Å². The molecule has 0 aliphatic carbocycles. The van der Waals surface area contributed by atoms with Crippen LogP contribution in [0.2, 0.25) is 0 Å². The highest BCUT2D eigenvalue weighted by atomic mass is 16.5. The molecule has 0 fully saturated rings. The van der Waals surface area contributed by atoms with Gasteiger partial charge in [-0.2, -0.15) is 0 Å². The molecule has 2 unspecified atom stereocenters. The molecule has 0 amide bonds. The van der Waals surface area contributed by atoms with Crippen molar-refractivity contribution in [2.45, 2.75) is 32.7 Å². The van der Waals surface area contributed by atoms with Crippen LogP contribution in [0.1, 0.15) is 32.3 Å². The lowest BCUT2D eigenvalue weighted by molar-refractivity contribution is 0.381. The molecule has 3 heteroatoms. The summed E-state index contributed by atoms with van der Waals surface area (Å²) in [6.07, 6.45) is 1.81. The predicted octanol–water partition coefficient (Wildman–Crippen LogP) is 2.44. The number of nitrogens with one attached hydrogen (secondary N) is 1. The fraction of sp³-hybridized carbons (Fsp3) is 0.615. The van der Waals surface area contributed by atoms with E-state index in [1.54, 1.807) is 7.11 Å². The van der Waals surface area contributed by atoms with Gasteiger partial charge in [-0.05, 0) is 31.5 Å². The van der Waals surface area contributed by atoms with Crippen LogP contribution in [0.15, 0.2) is 18.3 Å². The molecule has 16 heavy (non-hydrogen) atoms. The van der Waals surface area contributed by atoms with Gasteiger partial charge < -0.3 is 10.1 Å². The van der Waals surface area contributed by atoms with Crippen LogP contribution in [0, 0.1) is 5.92 Å². The minimum absolute atomic E-state index is 0.437. The second kappa shape index (κ2) is 5.85. The van der Waals surface area contributed by atoms with Gasteiger partial charge in [-0.25, -0.2) is 4.98 Å². The van der Waals surface area contributed by atoms with Crippen LogP contribution in [-0.2, 0) is 0 Å². The van der Waals surface area contributed by atoms with E-state index >= 15 is 0 Å². The third-order valence-electron chi connectivity index (χ3n) is 3.07. The Kier molecular flexibility index (Phi) is 4.74. The molecule has 1 aromatic heterocycles. The van der Waals surface area contributed by atoms with E-state index in [2.05, 4.69) is 37.1 Å². The Morgan fingerprint density at radius 1 is 1.31 bits per heavy atom. The molecule has 0 aromatic carbocycles. The lowest BCUT2D eigenvalue weighted by Crippen LogP contribution is -2.31. The molecular formula is C13H22N2O. The zero-order valence-electron chi connectivity index (χ0n) is 10.8. The Labute approximate surface area is 98.2 Å². The van der Waals surface area contributed by atoms with Crippen molar-refractivity contribution in [2.75, 3.05) is 14.2 Å². The minimum Gasteiger partial charge on any atom is -0.481 e. The molecule has 0 aliphatic heterocycles. The Morgan fingerprint density at radius 3 is 2.50 bits per heavy atom. The third kappa shape index (κ3) is 2.95. The van der Waals surface area contributed by atoms with E-state index in [1.165, 1.54) is 5.56 Å². The number of aromatic nitrogens is 1. The van der Waals surface area contributed by atoms with Crippen molar-refractivity contribution in [3.05, 3.63) is 23.9 Å². The molecule has 0 aliphatic rings. The van der Waals surface area contributed by atoms with Gasteiger partial charge in [0.2, 0.25) is 5.88 Å². The number of hydrogen-bond donors (Lipinski definition) is 1. The molecule has 1 rings (SSSR count). The number of pyridine rings is 1. The van der Waals surface area contributed by atoms with Crippen LogP contribution in [0.5, 0.6) is 5.88 Å². The summed E-state index contributed by atoms with van der Waals surface area (Å²) in [6.45, 7) is 6.69. The zero-order valence-corrected chi connectivity index (χ0v) is 10.8. The normalized spacial score (nSPS) is 14.9. The van der Waals surface area contributed by atoms with E-state index in [4.69, 9.17) is 4.74 Å². The zero-order chi connectivity index (χ0) is 12.1. The first-order chi connectivity index (χ1) is 7.60. The van der Waals surface area contributed by atoms with Crippen LogP contribution < -0.4 is 10.1 Å². The topological polar surface area (TPSA) is 34.2 Å². The molecular weight excluding hydrogens is 200 g/mol. The van der Waals surface area contributed by atoms with Crippen LogP contribution in [-0.4, -0.2) is 25.2 Å². The van der Waals surface area contributed by atoms with Crippen molar-refractivity contribution in [1.29, 1.82) is 0 Å². The quantitative estimate of drug-likeness (QED) is 0.831. The second-order valence-electron chi connectivity index (χ2n) is 4.48. The number of ether oxygens (including phenoxy) is 1. The highest BCUT2D eigenvalue weighted by Gasteiger charge is 2.22. The maximum atomic E-state index is 5.17. The largest absolute Gasteiger partial charge is 0.481 e. The summed E-state index contributed by atoms with van der Waals surface area (Å²) in [5.41, 5.74) is 1.28. The van der Waals surface area contributed by atoms with E-state index < -0.39 is 0 Å². The smallest absolute Gasteiger partial charge is 0.213 e. The Bertz CT molecular complexity index is 325. The molecule has 0 spiro atoms. The van der Waals surface area contributed by atoms with Gasteiger partial charge in [0.05, 0.1) is 7.11 Å². The molecule has 0 saturated heterocycles. The predicted molar refractivity (Wildman–Crippen MR) is 66.9 cm³/mol. The van der Waals surface area contributed by atoms with E-state index in [0.717, 1.165) is 0 Å². The summed E-state index contributed by atoms with van der Waals surface area (Å²) in [5, 5.41) is 3.32. The molecule has 1 N–H and O–H groups in total. The number of nitrogens with zero attached hydrogens (tertiary/aromatic N) is 1. The second-order valence-corrected chi connectivity index (χ2v) is 4.48. The molecule has 1 heterocycles. The van der Waals surface area contributed by atoms with Crippen molar-refractivity contribution in [2.24, 2.45) is 5.92 Å². The third-order valence-corrected chi connectivity index (χ3v) is 3.07. The van der Waals surface area contributed by atoms with Crippen molar-refractivity contribution < 1.29 is 4.74 Å². The van der Waals surface area contributed by atoms with Crippen molar-refractivity contribution in [1.82, 2.24) is 10.3 Å². The summed E-state index contributed by atoms with van der Waals surface area (Å²) in [6, 6.07) is 4.53. The number of hydrogen-bond acceptors (Lipinski definition) is 3. The summed E-state index contributed by atoms with van der Waals surface area (Å²) >= 11 is 0. The van der Waals surface area contributed by atoms with Crippen molar-refractivity contribution >= 4 is 0 Å². The van der Waals surface area contributed by atoms with E-state index in [0.29, 0.717) is 23.8 Å². The maximum absolute atomic E-state index is 5.17. The maximum Gasteiger partial charge on any atom is 0.213 e. The van der Waals surface area contributed by atoms with Gasteiger partial charge in [-0.3, -0.25) is 0 Å². The first-order valence-corrected chi connectivity index (χ1v) is 5.77. The number of likely N-dealkylation sites (N-methyl/N-ethyl adjacent to an activating group) is 1. The fourth-order valence-electron chi connectivity index (χ4n) is 2.17. The Hall–Kier alpha value is -1.09. The van der Waals surface area contributed by atoms with Gasteiger partial charge in [0, 0.05) is 24.2 Å². The monoisotopic (exact) mass is 222 g/mol. The van der Waals surface area contributed by atoms with Crippen LogP contribution in [0.3, 0.4) is 0 Å². The minimum atomic E-state index is 0.437. The molecule has 0 radical (unpaired) electrons. The van der Waals surface area contributed by atoms with Gasteiger partial charge in [-0.1, -0.05) is 13.8 Å². The molecule has 2 atom stereocenters.